The summed E-state index contributed by atoms with van der Waals surface area (Å²) in [4.78, 5) is 35.3. The van der Waals surface area contributed by atoms with Gasteiger partial charge in [-0.2, -0.15) is 0 Å². The van der Waals surface area contributed by atoms with Crippen LogP contribution in [0.5, 0.6) is 5.75 Å². The van der Waals surface area contributed by atoms with Gasteiger partial charge in [0.05, 0.1) is 18.7 Å². The van der Waals surface area contributed by atoms with Crippen molar-refractivity contribution in [2.45, 2.75) is 77.8 Å². The summed E-state index contributed by atoms with van der Waals surface area (Å²) in [6, 6.07) is 2.63. The average Bonchev–Trinajstić information content (AvgIpc) is 3.53. The van der Waals surface area contributed by atoms with Crippen molar-refractivity contribution in [1.29, 1.82) is 0 Å². The minimum absolute atomic E-state index is 0.213. The molecule has 0 bridgehead atoms. The van der Waals surface area contributed by atoms with E-state index in [9.17, 15) is 9.59 Å². The normalized spacial score (nSPS) is 21.5. The zero-order chi connectivity index (χ0) is 23.8. The SMILES string of the molecule is CCCCO/N=C(\C)C1=NC(C)(C(=O)N[C@H](CCC)c2cc(OCC3CC3)cc(=O)o2)CS1. The summed E-state index contributed by atoms with van der Waals surface area (Å²) in [5, 5.41) is 7.89. The number of unbranched alkanes of at least 4 members (excludes halogenated alkanes) is 1. The Hall–Kier alpha value is -2.29. The highest BCUT2D eigenvalue weighted by Crippen LogP contribution is 2.32. The van der Waals surface area contributed by atoms with E-state index in [1.807, 2.05) is 20.8 Å². The number of carbonyl (C=O) groups excluding carboxylic acids is 1. The molecule has 3 rings (SSSR count). The van der Waals surface area contributed by atoms with E-state index >= 15 is 0 Å². The second-order valence-electron chi connectivity index (χ2n) is 8.93. The first-order chi connectivity index (χ1) is 15.8. The van der Waals surface area contributed by atoms with Crippen molar-refractivity contribution in [1.82, 2.24) is 5.32 Å². The second kappa shape index (κ2) is 11.7. The Labute approximate surface area is 199 Å². The second-order valence-corrected chi connectivity index (χ2v) is 9.89. The van der Waals surface area contributed by atoms with Crippen molar-refractivity contribution in [3.63, 3.8) is 0 Å². The fourth-order valence-electron chi connectivity index (χ4n) is 3.30. The zero-order valence-corrected chi connectivity index (χ0v) is 20.8. The number of amides is 1. The Morgan fingerprint density at radius 2 is 2.15 bits per heavy atom. The van der Waals surface area contributed by atoms with Crippen LogP contribution in [0.1, 0.15) is 78.0 Å². The summed E-state index contributed by atoms with van der Waals surface area (Å²) in [6.07, 6.45) is 5.75. The lowest BCUT2D eigenvalue weighted by molar-refractivity contribution is -0.125. The third-order valence-corrected chi connectivity index (χ3v) is 6.97. The number of carbonyl (C=O) groups is 1. The van der Waals surface area contributed by atoms with Gasteiger partial charge in [0.15, 0.2) is 0 Å². The fraction of sp³-hybridized carbons (Fsp3) is 0.667. The van der Waals surface area contributed by atoms with Gasteiger partial charge in [0.1, 0.15) is 34.4 Å². The molecule has 0 spiro atoms. The summed E-state index contributed by atoms with van der Waals surface area (Å²) >= 11 is 1.49. The van der Waals surface area contributed by atoms with Gasteiger partial charge in [-0.3, -0.25) is 9.79 Å². The van der Waals surface area contributed by atoms with E-state index in [4.69, 9.17) is 14.0 Å². The maximum Gasteiger partial charge on any atom is 0.339 e. The molecule has 1 amide bonds. The molecule has 1 aromatic heterocycles. The maximum atomic E-state index is 13.2. The molecule has 0 aromatic carbocycles. The highest BCUT2D eigenvalue weighted by atomic mass is 32.2. The van der Waals surface area contributed by atoms with Crippen molar-refractivity contribution in [3.05, 3.63) is 28.3 Å². The number of ether oxygens (including phenoxy) is 1. The van der Waals surface area contributed by atoms with Gasteiger partial charge in [0.2, 0.25) is 5.91 Å². The van der Waals surface area contributed by atoms with Gasteiger partial charge in [0, 0.05) is 11.8 Å². The van der Waals surface area contributed by atoms with Crippen LogP contribution in [0.4, 0.5) is 0 Å². The lowest BCUT2D eigenvalue weighted by atomic mass is 10.0. The number of oxime groups is 1. The molecule has 9 heteroatoms. The minimum Gasteiger partial charge on any atom is -0.493 e. The molecule has 2 aliphatic rings. The summed E-state index contributed by atoms with van der Waals surface area (Å²) in [5.74, 6) is 1.76. The number of hydrogen-bond acceptors (Lipinski definition) is 8. The Kier molecular flexibility index (Phi) is 9.00. The lowest BCUT2D eigenvalue weighted by Crippen LogP contribution is -2.45. The number of thioether (sulfide) groups is 1. The Morgan fingerprint density at radius 1 is 1.36 bits per heavy atom. The molecule has 1 aromatic rings. The van der Waals surface area contributed by atoms with E-state index in [0.29, 0.717) is 53.6 Å². The van der Waals surface area contributed by atoms with Gasteiger partial charge in [-0.25, -0.2) is 4.79 Å². The Balaban J connectivity index is 1.69. The Bertz CT molecular complexity index is 940. The van der Waals surface area contributed by atoms with Crippen molar-refractivity contribution in [3.8, 4) is 5.75 Å². The van der Waals surface area contributed by atoms with E-state index in [2.05, 4.69) is 22.4 Å². The minimum atomic E-state index is -0.938. The standard InChI is InChI=1S/C24H35N3O5S/c1-5-7-11-31-27-16(3)22-26-24(4,15-33-22)23(29)25-19(8-6-2)20-12-18(13-21(28)32-20)30-14-17-9-10-17/h12-13,17,19H,5-11,14-15H2,1-4H3,(H,25,29)/b27-16+/t19-,24?/m1/s1. The van der Waals surface area contributed by atoms with E-state index in [1.54, 1.807) is 6.07 Å². The summed E-state index contributed by atoms with van der Waals surface area (Å²) < 4.78 is 11.2. The molecule has 0 saturated heterocycles. The maximum absolute atomic E-state index is 13.2. The fourth-order valence-corrected chi connectivity index (χ4v) is 4.43. The molecule has 1 aliphatic carbocycles. The molecular formula is C24H35N3O5S. The predicted molar refractivity (Wildman–Crippen MR) is 131 cm³/mol. The van der Waals surface area contributed by atoms with Crippen LogP contribution in [-0.2, 0) is 9.63 Å². The molecule has 0 radical (unpaired) electrons. The van der Waals surface area contributed by atoms with Crippen LogP contribution in [0, 0.1) is 5.92 Å². The van der Waals surface area contributed by atoms with Crippen LogP contribution < -0.4 is 15.7 Å². The largest absolute Gasteiger partial charge is 0.493 e. The summed E-state index contributed by atoms with van der Waals surface area (Å²) in [6.45, 7) is 8.92. The molecule has 1 N–H and O–H groups in total. The summed E-state index contributed by atoms with van der Waals surface area (Å²) in [7, 11) is 0. The van der Waals surface area contributed by atoms with Crippen LogP contribution in [0.15, 0.2) is 31.5 Å². The molecule has 33 heavy (non-hydrogen) atoms. The molecule has 1 aliphatic heterocycles. The van der Waals surface area contributed by atoms with Gasteiger partial charge in [-0.05, 0) is 45.4 Å². The van der Waals surface area contributed by atoms with Crippen LogP contribution in [0.3, 0.4) is 0 Å². The molecule has 2 heterocycles. The average molecular weight is 478 g/mol. The van der Waals surface area contributed by atoms with Crippen molar-refractivity contribution < 1.29 is 18.8 Å². The quantitative estimate of drug-likeness (QED) is 0.255. The smallest absolute Gasteiger partial charge is 0.339 e. The third kappa shape index (κ3) is 7.35. The number of aliphatic imine (C=N–C) groups is 1. The molecular weight excluding hydrogens is 442 g/mol. The first kappa shape index (κ1) is 25.3. The lowest BCUT2D eigenvalue weighted by Gasteiger charge is -2.24. The van der Waals surface area contributed by atoms with Crippen LogP contribution in [0.2, 0.25) is 0 Å². The summed E-state index contributed by atoms with van der Waals surface area (Å²) in [5.41, 5.74) is -0.747. The molecule has 2 atom stereocenters. The van der Waals surface area contributed by atoms with E-state index < -0.39 is 17.2 Å². The van der Waals surface area contributed by atoms with E-state index in [1.165, 1.54) is 17.8 Å². The van der Waals surface area contributed by atoms with Crippen LogP contribution in [-0.4, -0.2) is 41.2 Å². The highest BCUT2D eigenvalue weighted by molar-refractivity contribution is 8.16. The van der Waals surface area contributed by atoms with Crippen molar-refractivity contribution in [2.24, 2.45) is 16.1 Å². The van der Waals surface area contributed by atoms with Gasteiger partial charge in [0.25, 0.3) is 0 Å². The van der Waals surface area contributed by atoms with Gasteiger partial charge >= 0.3 is 5.63 Å². The number of nitrogens with one attached hydrogen (secondary N) is 1. The van der Waals surface area contributed by atoms with Crippen molar-refractivity contribution >= 4 is 28.4 Å². The first-order valence-corrected chi connectivity index (χ1v) is 12.8. The highest BCUT2D eigenvalue weighted by Gasteiger charge is 2.40. The molecule has 1 saturated carbocycles. The topological polar surface area (TPSA) is 102 Å². The van der Waals surface area contributed by atoms with Gasteiger partial charge < -0.3 is 19.3 Å². The third-order valence-electron chi connectivity index (χ3n) is 5.60. The number of rotatable bonds is 13. The molecule has 8 nitrogen and oxygen atoms in total. The Morgan fingerprint density at radius 3 is 2.85 bits per heavy atom. The van der Waals surface area contributed by atoms with Crippen LogP contribution in [0.25, 0.3) is 0 Å². The zero-order valence-electron chi connectivity index (χ0n) is 20.0. The van der Waals surface area contributed by atoms with E-state index in [-0.39, 0.29) is 5.91 Å². The number of hydrogen-bond donors (Lipinski definition) is 1. The van der Waals surface area contributed by atoms with Crippen LogP contribution >= 0.6 is 11.8 Å². The monoisotopic (exact) mass is 477 g/mol. The van der Waals surface area contributed by atoms with E-state index in [0.717, 1.165) is 32.1 Å². The van der Waals surface area contributed by atoms with Gasteiger partial charge in [-0.15, -0.1) is 11.8 Å². The van der Waals surface area contributed by atoms with Gasteiger partial charge in [-0.1, -0.05) is 31.8 Å². The van der Waals surface area contributed by atoms with Crippen molar-refractivity contribution in [2.75, 3.05) is 19.0 Å². The number of nitrogens with zero attached hydrogens (tertiary/aromatic N) is 2. The molecule has 182 valence electrons. The molecule has 1 fully saturated rings. The first-order valence-electron chi connectivity index (χ1n) is 11.8. The molecule has 1 unspecified atom stereocenters. The predicted octanol–water partition coefficient (Wildman–Crippen LogP) is 4.48.